The first kappa shape index (κ1) is 15.5. The molecule has 1 aromatic heterocycles. The molecule has 0 unspecified atom stereocenters. The highest BCUT2D eigenvalue weighted by Gasteiger charge is 2.22. The Hall–Kier alpha value is -0.850. The molecule has 4 nitrogen and oxygen atoms in total. The van der Waals surface area contributed by atoms with Crippen LogP contribution in [0.4, 0.5) is 0 Å². The van der Waals surface area contributed by atoms with E-state index in [1.807, 2.05) is 12.1 Å². The molecule has 0 bridgehead atoms. The first-order chi connectivity index (χ1) is 9.19. The molecule has 0 saturated heterocycles. The van der Waals surface area contributed by atoms with Crippen LogP contribution in [0, 0.1) is 0 Å². The summed E-state index contributed by atoms with van der Waals surface area (Å²) >= 11 is 6.88. The van der Waals surface area contributed by atoms with Gasteiger partial charge in [0.15, 0.2) is 0 Å². The number of carbonyl (C=O) groups is 1. The van der Waals surface area contributed by atoms with Crippen LogP contribution < -0.4 is 0 Å². The number of amides is 1. The maximum atomic E-state index is 12.5. The molecule has 1 heterocycles. The number of nitrogens with zero attached hydrogens (tertiary/aromatic N) is 1. The van der Waals surface area contributed by atoms with E-state index in [0.29, 0.717) is 5.56 Å². The Kier molecular flexibility index (Phi) is 4.27. The van der Waals surface area contributed by atoms with E-state index < -0.39 is 5.60 Å². The Morgan fingerprint density at radius 2 is 1.95 bits per heavy atom. The van der Waals surface area contributed by atoms with Gasteiger partial charge in [0.1, 0.15) is 0 Å². The highest BCUT2D eigenvalue weighted by Crippen LogP contribution is 2.30. The van der Waals surface area contributed by atoms with Gasteiger partial charge in [0.05, 0.1) is 11.2 Å². The van der Waals surface area contributed by atoms with Crippen molar-refractivity contribution in [3.63, 3.8) is 0 Å². The molecule has 2 rings (SSSR count). The summed E-state index contributed by atoms with van der Waals surface area (Å²) < 4.78 is 1.82. The van der Waals surface area contributed by atoms with Crippen LogP contribution in [0.15, 0.2) is 27.3 Å². The number of nitrogens with one attached hydrogen (secondary N) is 1. The van der Waals surface area contributed by atoms with Gasteiger partial charge in [-0.05, 0) is 57.8 Å². The highest BCUT2D eigenvalue weighted by atomic mass is 79.9. The second-order valence-electron chi connectivity index (χ2n) is 5.49. The largest absolute Gasteiger partial charge is 0.389 e. The van der Waals surface area contributed by atoms with E-state index in [0.717, 1.165) is 19.8 Å². The summed E-state index contributed by atoms with van der Waals surface area (Å²) in [7, 11) is 1.69. The number of hydrogen-bond donors (Lipinski definition) is 2. The second kappa shape index (κ2) is 5.50. The second-order valence-corrected chi connectivity index (χ2v) is 7.20. The number of rotatable bonds is 3. The van der Waals surface area contributed by atoms with Crippen LogP contribution in [-0.2, 0) is 0 Å². The van der Waals surface area contributed by atoms with Gasteiger partial charge in [-0.3, -0.25) is 4.79 Å². The number of fused-ring (bicyclic) bond motifs is 1. The number of aromatic amines is 1. The average Bonchev–Trinajstić information content (AvgIpc) is 2.69. The third-order valence-electron chi connectivity index (χ3n) is 2.92. The zero-order valence-electron chi connectivity index (χ0n) is 11.5. The molecule has 1 aromatic carbocycles. The standard InChI is InChI=1S/C14H16Br2N2O2/c1-14(2,20)7-18(3)13(19)9-6-17-12-5-11(16)10(15)4-8(9)12/h4-6,17,20H,7H2,1-3H3. The minimum atomic E-state index is -0.917. The van der Waals surface area contributed by atoms with Crippen molar-refractivity contribution in [1.29, 1.82) is 0 Å². The molecular formula is C14H16Br2N2O2. The summed E-state index contributed by atoms with van der Waals surface area (Å²) in [5, 5.41) is 10.7. The molecular weight excluding hydrogens is 388 g/mol. The van der Waals surface area contributed by atoms with Crippen LogP contribution >= 0.6 is 31.9 Å². The predicted molar refractivity (Wildman–Crippen MR) is 87.0 cm³/mol. The number of halogens is 2. The fraction of sp³-hybridized carbons (Fsp3) is 0.357. The van der Waals surface area contributed by atoms with Crippen molar-refractivity contribution >= 4 is 48.7 Å². The number of H-pyrrole nitrogens is 1. The summed E-state index contributed by atoms with van der Waals surface area (Å²) in [4.78, 5) is 17.1. The first-order valence-electron chi connectivity index (χ1n) is 6.13. The molecule has 0 spiro atoms. The van der Waals surface area contributed by atoms with Gasteiger partial charge in [-0.25, -0.2) is 0 Å². The van der Waals surface area contributed by atoms with Crippen molar-refractivity contribution in [2.24, 2.45) is 0 Å². The highest BCUT2D eigenvalue weighted by molar-refractivity contribution is 9.13. The third kappa shape index (κ3) is 3.24. The molecule has 0 aliphatic rings. The number of aromatic nitrogens is 1. The van der Waals surface area contributed by atoms with Crippen LogP contribution in [0.2, 0.25) is 0 Å². The Morgan fingerprint density at radius 1 is 1.35 bits per heavy atom. The maximum absolute atomic E-state index is 12.5. The predicted octanol–water partition coefficient (Wildman–Crippen LogP) is 3.54. The van der Waals surface area contributed by atoms with Crippen LogP contribution in [-0.4, -0.2) is 40.1 Å². The lowest BCUT2D eigenvalue weighted by Gasteiger charge is -2.25. The molecule has 0 radical (unpaired) electrons. The number of benzene rings is 1. The van der Waals surface area contributed by atoms with E-state index in [4.69, 9.17) is 0 Å². The summed E-state index contributed by atoms with van der Waals surface area (Å²) in [6.07, 6.45) is 1.70. The van der Waals surface area contributed by atoms with Gasteiger partial charge >= 0.3 is 0 Å². The fourth-order valence-corrected chi connectivity index (χ4v) is 2.84. The Morgan fingerprint density at radius 3 is 2.55 bits per heavy atom. The number of aliphatic hydroxyl groups is 1. The van der Waals surface area contributed by atoms with E-state index in [1.54, 1.807) is 27.1 Å². The summed E-state index contributed by atoms with van der Waals surface area (Å²) in [5.41, 5.74) is 0.570. The monoisotopic (exact) mass is 402 g/mol. The van der Waals surface area contributed by atoms with Gasteiger partial charge in [0.25, 0.3) is 5.91 Å². The van der Waals surface area contributed by atoms with Gasteiger partial charge in [-0.2, -0.15) is 0 Å². The van der Waals surface area contributed by atoms with E-state index in [9.17, 15) is 9.90 Å². The topological polar surface area (TPSA) is 56.3 Å². The Labute approximate surface area is 134 Å². The lowest BCUT2D eigenvalue weighted by atomic mass is 10.1. The molecule has 0 aliphatic heterocycles. The Balaban J connectivity index is 2.38. The average molecular weight is 404 g/mol. The van der Waals surface area contributed by atoms with E-state index in [2.05, 4.69) is 36.8 Å². The van der Waals surface area contributed by atoms with Crippen LogP contribution in [0.1, 0.15) is 24.2 Å². The van der Waals surface area contributed by atoms with Gasteiger partial charge in [0, 0.05) is 39.6 Å². The van der Waals surface area contributed by atoms with E-state index in [-0.39, 0.29) is 12.5 Å². The maximum Gasteiger partial charge on any atom is 0.255 e. The SMILES string of the molecule is CN(CC(C)(C)O)C(=O)c1c[nH]c2cc(Br)c(Br)cc12. The molecule has 1 amide bonds. The van der Waals surface area contributed by atoms with Crippen molar-refractivity contribution in [2.75, 3.05) is 13.6 Å². The van der Waals surface area contributed by atoms with E-state index >= 15 is 0 Å². The normalized spacial score (nSPS) is 11.9. The molecule has 2 aromatic rings. The van der Waals surface area contributed by atoms with Crippen molar-refractivity contribution in [3.8, 4) is 0 Å². The lowest BCUT2D eigenvalue weighted by molar-refractivity contribution is 0.0369. The van der Waals surface area contributed by atoms with Crippen molar-refractivity contribution < 1.29 is 9.90 Å². The number of hydrogen-bond acceptors (Lipinski definition) is 2. The minimum absolute atomic E-state index is 0.118. The molecule has 0 atom stereocenters. The number of carbonyl (C=O) groups excluding carboxylic acids is 1. The van der Waals surface area contributed by atoms with Gasteiger partial charge < -0.3 is 15.0 Å². The fourth-order valence-electron chi connectivity index (χ4n) is 2.15. The molecule has 108 valence electrons. The molecule has 0 fully saturated rings. The first-order valence-corrected chi connectivity index (χ1v) is 7.71. The molecule has 0 saturated carbocycles. The lowest BCUT2D eigenvalue weighted by Crippen LogP contribution is -2.39. The van der Waals surface area contributed by atoms with Crippen molar-refractivity contribution in [2.45, 2.75) is 19.4 Å². The molecule has 6 heteroatoms. The van der Waals surface area contributed by atoms with Crippen molar-refractivity contribution in [3.05, 3.63) is 32.8 Å². The van der Waals surface area contributed by atoms with Crippen LogP contribution in [0.3, 0.4) is 0 Å². The quantitative estimate of drug-likeness (QED) is 0.823. The summed E-state index contributed by atoms with van der Waals surface area (Å²) in [5.74, 6) is -0.118. The zero-order valence-corrected chi connectivity index (χ0v) is 14.7. The van der Waals surface area contributed by atoms with Crippen LogP contribution in [0.25, 0.3) is 10.9 Å². The smallest absolute Gasteiger partial charge is 0.255 e. The molecule has 20 heavy (non-hydrogen) atoms. The van der Waals surface area contributed by atoms with Crippen LogP contribution in [0.5, 0.6) is 0 Å². The van der Waals surface area contributed by atoms with Gasteiger partial charge in [-0.1, -0.05) is 0 Å². The van der Waals surface area contributed by atoms with E-state index in [1.165, 1.54) is 4.90 Å². The molecule has 0 aliphatic carbocycles. The zero-order chi connectivity index (χ0) is 15.1. The van der Waals surface area contributed by atoms with Gasteiger partial charge in [-0.15, -0.1) is 0 Å². The summed E-state index contributed by atoms with van der Waals surface area (Å²) in [6.45, 7) is 3.63. The van der Waals surface area contributed by atoms with Crippen molar-refractivity contribution in [1.82, 2.24) is 9.88 Å². The number of likely N-dealkylation sites (N-methyl/N-ethyl adjacent to an activating group) is 1. The third-order valence-corrected chi connectivity index (χ3v) is 4.77. The van der Waals surface area contributed by atoms with Gasteiger partial charge in [0.2, 0.25) is 0 Å². The molecule has 2 N–H and O–H groups in total. The Bertz CT molecular complexity index is 659. The summed E-state index contributed by atoms with van der Waals surface area (Å²) in [6, 6.07) is 3.83. The minimum Gasteiger partial charge on any atom is -0.389 e.